The minimum atomic E-state index is -0.0635. The van der Waals surface area contributed by atoms with Gasteiger partial charge in [0.1, 0.15) is 12.1 Å². The van der Waals surface area contributed by atoms with Gasteiger partial charge in [-0.05, 0) is 55.9 Å². The van der Waals surface area contributed by atoms with Crippen molar-refractivity contribution >= 4 is 22.8 Å². The first-order chi connectivity index (χ1) is 15.2. The van der Waals surface area contributed by atoms with Crippen molar-refractivity contribution in [3.63, 3.8) is 0 Å². The van der Waals surface area contributed by atoms with E-state index >= 15 is 0 Å². The average molecular weight is 419 g/mol. The van der Waals surface area contributed by atoms with Crippen LogP contribution < -0.4 is 5.32 Å². The number of nitrogens with one attached hydrogen (secondary N) is 1. The lowest BCUT2D eigenvalue weighted by Crippen LogP contribution is -2.41. The number of fused-ring (bicyclic) bond motifs is 1. The van der Waals surface area contributed by atoms with E-state index < -0.39 is 0 Å². The van der Waals surface area contributed by atoms with E-state index in [0.29, 0.717) is 18.0 Å². The third kappa shape index (κ3) is 4.42. The molecule has 0 unspecified atom stereocenters. The van der Waals surface area contributed by atoms with Gasteiger partial charge in [0.05, 0.1) is 11.1 Å². The van der Waals surface area contributed by atoms with Crippen molar-refractivity contribution in [1.82, 2.24) is 30.2 Å². The minimum Gasteiger partial charge on any atom is -0.352 e. The molecule has 1 aliphatic carbocycles. The van der Waals surface area contributed by atoms with Gasteiger partial charge in [-0.15, -0.1) is 5.10 Å². The Bertz CT molecular complexity index is 1090. The molecule has 1 saturated carbocycles. The second kappa shape index (κ2) is 8.45. The molecule has 0 spiro atoms. The predicted octanol–water partition coefficient (Wildman–Crippen LogP) is 2.37. The molecule has 8 heteroatoms. The van der Waals surface area contributed by atoms with Gasteiger partial charge in [0.25, 0.3) is 5.91 Å². The average Bonchev–Trinajstić information content (AvgIpc) is 3.57. The summed E-state index contributed by atoms with van der Waals surface area (Å²) in [5.74, 6) is 0.800. The number of hydrogen-bond donors (Lipinski definition) is 1. The lowest BCUT2D eigenvalue weighted by molar-refractivity contribution is -0.133. The van der Waals surface area contributed by atoms with Crippen LogP contribution in [0.1, 0.15) is 47.7 Å². The van der Waals surface area contributed by atoms with E-state index in [2.05, 4.69) is 20.6 Å². The third-order valence-electron chi connectivity index (χ3n) is 6.19. The van der Waals surface area contributed by atoms with Gasteiger partial charge < -0.3 is 10.2 Å². The molecular weight excluding hydrogens is 392 g/mol. The molecule has 0 bridgehead atoms. The summed E-state index contributed by atoms with van der Waals surface area (Å²) < 4.78 is 1.66. The maximum atomic E-state index is 12.9. The molecule has 3 aromatic rings. The van der Waals surface area contributed by atoms with Crippen LogP contribution in [0.25, 0.3) is 11.0 Å². The van der Waals surface area contributed by atoms with Gasteiger partial charge in [-0.2, -0.15) is 0 Å². The number of piperidine rings is 1. The van der Waals surface area contributed by atoms with Gasteiger partial charge in [0.15, 0.2) is 0 Å². The van der Waals surface area contributed by atoms with E-state index in [4.69, 9.17) is 0 Å². The van der Waals surface area contributed by atoms with Crippen LogP contribution >= 0.6 is 0 Å². The summed E-state index contributed by atoms with van der Waals surface area (Å²) in [6.45, 7) is 2.30. The van der Waals surface area contributed by atoms with Crippen molar-refractivity contribution < 1.29 is 9.59 Å². The van der Waals surface area contributed by atoms with Crippen LogP contribution in [0.2, 0.25) is 0 Å². The highest BCUT2D eigenvalue weighted by molar-refractivity contribution is 5.93. The van der Waals surface area contributed by atoms with Gasteiger partial charge in [-0.3, -0.25) is 14.6 Å². The zero-order chi connectivity index (χ0) is 21.2. The first-order valence-electron chi connectivity index (χ1n) is 11.0. The Morgan fingerprint density at radius 3 is 2.77 bits per heavy atom. The largest absolute Gasteiger partial charge is 0.352 e. The topological polar surface area (TPSA) is 93.0 Å². The normalized spacial score (nSPS) is 18.8. The second-order valence-electron chi connectivity index (χ2n) is 8.54. The number of amides is 2. The molecule has 1 N–H and O–H groups in total. The van der Waals surface area contributed by atoms with E-state index in [0.717, 1.165) is 42.7 Å². The molecule has 0 radical (unpaired) electrons. The second-order valence-corrected chi connectivity index (χ2v) is 8.54. The highest BCUT2D eigenvalue weighted by Crippen LogP contribution is 2.28. The molecule has 2 aliphatic rings. The summed E-state index contributed by atoms with van der Waals surface area (Å²) in [7, 11) is 0. The number of rotatable bonds is 6. The Balaban J connectivity index is 1.21. The standard InChI is InChI=1S/C23H26N6O2/c30-22(15-29-21-6-2-1-5-20(21)26-27-29)28-11-3-4-18(14-28)19-10-9-17(13-24-19)23(31)25-12-16-7-8-16/h1-2,5-6,9-10,13,16,18H,3-4,7-8,11-12,14-15H2,(H,25,31)/t18-/m1/s1. The Kier molecular flexibility index (Phi) is 5.36. The summed E-state index contributed by atoms with van der Waals surface area (Å²) in [6, 6.07) is 11.4. The highest BCUT2D eigenvalue weighted by atomic mass is 16.2. The first-order valence-corrected chi connectivity index (χ1v) is 11.0. The van der Waals surface area contributed by atoms with E-state index in [1.165, 1.54) is 12.8 Å². The fourth-order valence-electron chi connectivity index (χ4n) is 4.15. The Labute approximate surface area is 180 Å². The summed E-state index contributed by atoms with van der Waals surface area (Å²) in [6.07, 6.45) is 5.99. The summed E-state index contributed by atoms with van der Waals surface area (Å²) in [5, 5.41) is 11.2. The molecule has 5 rings (SSSR count). The molecule has 2 aromatic heterocycles. The van der Waals surface area contributed by atoms with Crippen molar-refractivity contribution in [2.45, 2.75) is 38.1 Å². The van der Waals surface area contributed by atoms with Gasteiger partial charge in [-0.25, -0.2) is 4.68 Å². The molecule has 3 heterocycles. The predicted molar refractivity (Wildman–Crippen MR) is 115 cm³/mol. The minimum absolute atomic E-state index is 0.0384. The van der Waals surface area contributed by atoms with Crippen molar-refractivity contribution in [1.29, 1.82) is 0 Å². The Morgan fingerprint density at radius 1 is 1.10 bits per heavy atom. The van der Waals surface area contributed by atoms with Crippen LogP contribution in [-0.2, 0) is 11.3 Å². The van der Waals surface area contributed by atoms with E-state index in [1.54, 1.807) is 10.9 Å². The number of carbonyl (C=O) groups is 2. The molecule has 1 aliphatic heterocycles. The maximum Gasteiger partial charge on any atom is 0.252 e. The van der Waals surface area contributed by atoms with Crippen LogP contribution in [0.5, 0.6) is 0 Å². The molecule has 2 fully saturated rings. The summed E-state index contributed by atoms with van der Waals surface area (Å²) in [4.78, 5) is 31.6. The number of hydrogen-bond acceptors (Lipinski definition) is 5. The zero-order valence-corrected chi connectivity index (χ0v) is 17.4. The number of benzene rings is 1. The molecule has 1 saturated heterocycles. The molecule has 8 nitrogen and oxygen atoms in total. The molecule has 2 amide bonds. The number of pyridine rings is 1. The summed E-state index contributed by atoms with van der Waals surface area (Å²) >= 11 is 0. The van der Waals surface area contributed by atoms with Crippen LogP contribution in [0, 0.1) is 5.92 Å². The van der Waals surface area contributed by atoms with Crippen LogP contribution in [0.15, 0.2) is 42.6 Å². The van der Waals surface area contributed by atoms with Gasteiger partial charge in [-0.1, -0.05) is 17.3 Å². The number of carbonyl (C=O) groups excluding carboxylic acids is 2. The number of aromatic nitrogens is 4. The van der Waals surface area contributed by atoms with Gasteiger partial charge in [0.2, 0.25) is 5.91 Å². The van der Waals surface area contributed by atoms with Crippen LogP contribution in [0.4, 0.5) is 0 Å². The van der Waals surface area contributed by atoms with E-state index in [9.17, 15) is 9.59 Å². The monoisotopic (exact) mass is 418 g/mol. The van der Waals surface area contributed by atoms with Crippen molar-refractivity contribution in [3.05, 3.63) is 53.9 Å². The molecule has 31 heavy (non-hydrogen) atoms. The molecule has 1 atom stereocenters. The number of para-hydroxylation sites is 1. The molecular formula is C23H26N6O2. The Hall–Kier alpha value is -3.29. The van der Waals surface area contributed by atoms with Crippen molar-refractivity contribution in [3.8, 4) is 0 Å². The third-order valence-corrected chi connectivity index (χ3v) is 6.19. The lowest BCUT2D eigenvalue weighted by atomic mass is 9.94. The van der Waals surface area contributed by atoms with E-state index in [-0.39, 0.29) is 24.3 Å². The van der Waals surface area contributed by atoms with Gasteiger partial charge in [0, 0.05) is 37.4 Å². The maximum absolute atomic E-state index is 12.9. The highest BCUT2D eigenvalue weighted by Gasteiger charge is 2.26. The number of nitrogens with zero attached hydrogens (tertiary/aromatic N) is 5. The summed E-state index contributed by atoms with van der Waals surface area (Å²) in [5.41, 5.74) is 3.17. The fraction of sp³-hybridized carbons (Fsp3) is 0.435. The fourth-order valence-corrected chi connectivity index (χ4v) is 4.15. The zero-order valence-electron chi connectivity index (χ0n) is 17.4. The molecule has 1 aromatic carbocycles. The lowest BCUT2D eigenvalue weighted by Gasteiger charge is -2.32. The van der Waals surface area contributed by atoms with Crippen LogP contribution in [0.3, 0.4) is 0 Å². The van der Waals surface area contributed by atoms with E-state index in [1.807, 2.05) is 41.3 Å². The van der Waals surface area contributed by atoms with Crippen LogP contribution in [-0.4, -0.2) is 56.3 Å². The quantitative estimate of drug-likeness (QED) is 0.663. The Morgan fingerprint density at radius 2 is 1.97 bits per heavy atom. The first kappa shape index (κ1) is 19.7. The SMILES string of the molecule is O=C(NCC1CC1)c1ccc([C@@H]2CCCN(C(=O)Cn3nnc4ccccc43)C2)nc1. The van der Waals surface area contributed by atoms with Crippen molar-refractivity contribution in [2.75, 3.05) is 19.6 Å². The molecule has 160 valence electrons. The smallest absolute Gasteiger partial charge is 0.252 e. The van der Waals surface area contributed by atoms with Gasteiger partial charge >= 0.3 is 0 Å². The number of likely N-dealkylation sites (tertiary alicyclic amines) is 1. The van der Waals surface area contributed by atoms with Crippen molar-refractivity contribution in [2.24, 2.45) is 5.92 Å².